The molecule has 0 saturated heterocycles. The van der Waals surface area contributed by atoms with E-state index < -0.39 is 6.10 Å². The standard InChI is InChI=1S/C25H28N2O4/c1-29-22-10-4-5-11-23(22)31-16-14-26-17-18(28)13-15-30-24-12-6-9-21-25(24)19-7-2-3-8-20(19)27-21/h2-12,18,26-28H,13-17H2,1H3/t18-/m0/s1. The molecule has 0 aliphatic carbocycles. The van der Waals surface area contributed by atoms with E-state index in [9.17, 15) is 5.11 Å². The fourth-order valence-corrected chi connectivity index (χ4v) is 3.64. The molecule has 31 heavy (non-hydrogen) atoms. The Balaban J connectivity index is 1.21. The summed E-state index contributed by atoms with van der Waals surface area (Å²) in [6.07, 6.45) is 0.0486. The smallest absolute Gasteiger partial charge is 0.161 e. The third-order valence-electron chi connectivity index (χ3n) is 5.19. The molecule has 4 aromatic rings. The number of aliphatic hydroxyl groups is 1. The van der Waals surface area contributed by atoms with Gasteiger partial charge in [0.1, 0.15) is 12.4 Å². The van der Waals surface area contributed by atoms with Crippen molar-refractivity contribution in [2.75, 3.05) is 33.4 Å². The molecule has 0 aliphatic rings. The molecule has 4 rings (SSSR count). The molecular weight excluding hydrogens is 392 g/mol. The van der Waals surface area contributed by atoms with E-state index in [1.54, 1.807) is 7.11 Å². The molecule has 162 valence electrons. The summed E-state index contributed by atoms with van der Waals surface area (Å²) in [6, 6.07) is 21.8. The molecule has 1 heterocycles. The van der Waals surface area contributed by atoms with Crippen molar-refractivity contribution in [2.24, 2.45) is 0 Å². The molecule has 3 N–H and O–H groups in total. The highest BCUT2D eigenvalue weighted by Crippen LogP contribution is 2.33. The van der Waals surface area contributed by atoms with Crippen LogP contribution in [0.4, 0.5) is 0 Å². The van der Waals surface area contributed by atoms with Gasteiger partial charge < -0.3 is 29.6 Å². The number of methoxy groups -OCH3 is 1. The van der Waals surface area contributed by atoms with E-state index in [1.165, 1.54) is 0 Å². The number of aromatic amines is 1. The van der Waals surface area contributed by atoms with Crippen LogP contribution in [0.15, 0.2) is 66.7 Å². The Kier molecular flexibility index (Phi) is 6.92. The van der Waals surface area contributed by atoms with Gasteiger partial charge >= 0.3 is 0 Å². The molecule has 1 atom stereocenters. The highest BCUT2D eigenvalue weighted by Gasteiger charge is 2.10. The van der Waals surface area contributed by atoms with Crippen LogP contribution in [-0.4, -0.2) is 49.6 Å². The first-order chi connectivity index (χ1) is 15.3. The number of ether oxygens (including phenoxy) is 3. The average molecular weight is 421 g/mol. The predicted molar refractivity (Wildman–Crippen MR) is 123 cm³/mol. The second-order valence-corrected chi connectivity index (χ2v) is 7.34. The minimum Gasteiger partial charge on any atom is -0.493 e. The SMILES string of the molecule is COc1ccccc1OCCNC[C@@H](O)CCOc1cccc2[nH]c3ccccc3c12. The Labute approximate surface area is 181 Å². The predicted octanol–water partition coefficient (Wildman–Crippen LogP) is 4.13. The van der Waals surface area contributed by atoms with Gasteiger partial charge in [-0.2, -0.15) is 0 Å². The van der Waals surface area contributed by atoms with Gasteiger partial charge in [0.2, 0.25) is 0 Å². The number of fused-ring (bicyclic) bond motifs is 3. The summed E-state index contributed by atoms with van der Waals surface area (Å²) in [5.41, 5.74) is 2.14. The molecule has 0 amide bonds. The van der Waals surface area contributed by atoms with E-state index in [0.717, 1.165) is 27.6 Å². The Morgan fingerprint density at radius 1 is 0.839 bits per heavy atom. The zero-order chi connectivity index (χ0) is 21.5. The Bertz CT molecular complexity index is 1120. The summed E-state index contributed by atoms with van der Waals surface area (Å²) in [5.74, 6) is 2.26. The van der Waals surface area contributed by atoms with Gasteiger partial charge in [-0.25, -0.2) is 0 Å². The molecule has 0 radical (unpaired) electrons. The molecule has 0 saturated carbocycles. The fourth-order valence-electron chi connectivity index (χ4n) is 3.64. The van der Waals surface area contributed by atoms with Crippen LogP contribution in [0.25, 0.3) is 21.8 Å². The van der Waals surface area contributed by atoms with Crippen molar-refractivity contribution in [3.8, 4) is 17.2 Å². The summed E-state index contributed by atoms with van der Waals surface area (Å²) in [6.45, 7) is 2.05. The lowest BCUT2D eigenvalue weighted by atomic mass is 10.1. The monoisotopic (exact) mass is 420 g/mol. The zero-order valence-electron chi connectivity index (χ0n) is 17.6. The summed E-state index contributed by atoms with van der Waals surface area (Å²) in [5, 5.41) is 15.7. The third kappa shape index (κ3) is 5.10. The van der Waals surface area contributed by atoms with Crippen LogP contribution in [0.3, 0.4) is 0 Å². The first-order valence-corrected chi connectivity index (χ1v) is 10.5. The van der Waals surface area contributed by atoms with E-state index in [-0.39, 0.29) is 0 Å². The number of rotatable bonds is 11. The normalized spacial score (nSPS) is 12.2. The number of nitrogens with one attached hydrogen (secondary N) is 2. The van der Waals surface area contributed by atoms with Gasteiger partial charge in [0.25, 0.3) is 0 Å². The van der Waals surface area contributed by atoms with Gasteiger partial charge in [-0.15, -0.1) is 0 Å². The number of hydrogen-bond acceptors (Lipinski definition) is 5. The largest absolute Gasteiger partial charge is 0.493 e. The first kappa shape index (κ1) is 21.0. The molecule has 0 unspecified atom stereocenters. The highest BCUT2D eigenvalue weighted by molar-refractivity contribution is 6.10. The molecule has 0 aliphatic heterocycles. The van der Waals surface area contributed by atoms with Gasteiger partial charge in [-0.05, 0) is 30.3 Å². The van der Waals surface area contributed by atoms with Gasteiger partial charge in [0.15, 0.2) is 11.5 Å². The van der Waals surface area contributed by atoms with Crippen LogP contribution in [-0.2, 0) is 0 Å². The van der Waals surface area contributed by atoms with Crippen molar-refractivity contribution in [3.05, 3.63) is 66.7 Å². The Morgan fingerprint density at radius 3 is 2.42 bits per heavy atom. The van der Waals surface area contributed by atoms with Gasteiger partial charge in [-0.1, -0.05) is 36.4 Å². The molecule has 0 fully saturated rings. The fraction of sp³-hybridized carbons (Fsp3) is 0.280. The topological polar surface area (TPSA) is 75.7 Å². The van der Waals surface area contributed by atoms with E-state index >= 15 is 0 Å². The average Bonchev–Trinajstić information content (AvgIpc) is 3.18. The van der Waals surface area contributed by atoms with Gasteiger partial charge in [0, 0.05) is 35.8 Å². The van der Waals surface area contributed by atoms with Crippen molar-refractivity contribution in [2.45, 2.75) is 12.5 Å². The first-order valence-electron chi connectivity index (χ1n) is 10.5. The van der Waals surface area contributed by atoms with Crippen molar-refractivity contribution in [3.63, 3.8) is 0 Å². The zero-order valence-corrected chi connectivity index (χ0v) is 17.6. The molecular formula is C25H28N2O4. The van der Waals surface area contributed by atoms with Crippen LogP contribution in [0.5, 0.6) is 17.2 Å². The van der Waals surface area contributed by atoms with Crippen LogP contribution in [0, 0.1) is 0 Å². The lowest BCUT2D eigenvalue weighted by molar-refractivity contribution is 0.136. The number of hydrogen-bond donors (Lipinski definition) is 3. The van der Waals surface area contributed by atoms with E-state index in [0.29, 0.717) is 44.2 Å². The molecule has 0 spiro atoms. The number of H-pyrrole nitrogens is 1. The molecule has 6 heteroatoms. The minimum absolute atomic E-state index is 0.444. The number of aromatic nitrogens is 1. The van der Waals surface area contributed by atoms with Crippen molar-refractivity contribution < 1.29 is 19.3 Å². The third-order valence-corrected chi connectivity index (χ3v) is 5.19. The van der Waals surface area contributed by atoms with Gasteiger partial charge in [-0.3, -0.25) is 0 Å². The molecule has 0 bridgehead atoms. The van der Waals surface area contributed by atoms with E-state index in [2.05, 4.69) is 22.4 Å². The van der Waals surface area contributed by atoms with Crippen molar-refractivity contribution >= 4 is 21.8 Å². The van der Waals surface area contributed by atoms with Crippen LogP contribution in [0.1, 0.15) is 6.42 Å². The maximum absolute atomic E-state index is 10.3. The van der Waals surface area contributed by atoms with Crippen LogP contribution in [0.2, 0.25) is 0 Å². The Morgan fingerprint density at radius 2 is 1.55 bits per heavy atom. The summed E-state index contributed by atoms with van der Waals surface area (Å²) in [4.78, 5) is 3.42. The van der Waals surface area contributed by atoms with Crippen LogP contribution >= 0.6 is 0 Å². The quantitative estimate of drug-likeness (QED) is 0.318. The molecule has 1 aromatic heterocycles. The maximum Gasteiger partial charge on any atom is 0.161 e. The van der Waals surface area contributed by atoms with Crippen molar-refractivity contribution in [1.82, 2.24) is 10.3 Å². The summed E-state index contributed by atoms with van der Waals surface area (Å²) >= 11 is 0. The van der Waals surface area contributed by atoms with Gasteiger partial charge in [0.05, 0.1) is 25.3 Å². The maximum atomic E-state index is 10.3. The Hall–Kier alpha value is -3.22. The minimum atomic E-state index is -0.492. The summed E-state index contributed by atoms with van der Waals surface area (Å²) < 4.78 is 17.0. The van der Waals surface area contributed by atoms with E-state index in [1.807, 2.05) is 54.6 Å². The van der Waals surface area contributed by atoms with Crippen molar-refractivity contribution in [1.29, 1.82) is 0 Å². The number of aliphatic hydroxyl groups excluding tert-OH is 1. The van der Waals surface area contributed by atoms with E-state index in [4.69, 9.17) is 14.2 Å². The van der Waals surface area contributed by atoms with Crippen LogP contribution < -0.4 is 19.5 Å². The molecule has 6 nitrogen and oxygen atoms in total. The second kappa shape index (κ2) is 10.2. The lowest BCUT2D eigenvalue weighted by Crippen LogP contribution is -2.31. The second-order valence-electron chi connectivity index (χ2n) is 7.34. The number of benzene rings is 3. The highest BCUT2D eigenvalue weighted by atomic mass is 16.5. The lowest BCUT2D eigenvalue weighted by Gasteiger charge is -2.14. The summed E-state index contributed by atoms with van der Waals surface area (Å²) in [7, 11) is 1.62. The molecule has 3 aromatic carbocycles. The number of para-hydroxylation sites is 3.